The number of pyridine rings is 1. The maximum atomic E-state index is 9.19. The fraction of sp³-hybridized carbons (Fsp3) is 0.286. The molecule has 1 rings (SSSR count). The van der Waals surface area contributed by atoms with Gasteiger partial charge >= 0.3 is 0 Å². The third kappa shape index (κ3) is 11.8. The predicted molar refractivity (Wildman–Crippen MR) is 46.4 cm³/mol. The first kappa shape index (κ1) is 11.1. The SMILES string of the molecule is CS(=O)(=O)O.Cc1ccccn1. The van der Waals surface area contributed by atoms with Crippen molar-refractivity contribution in [1.82, 2.24) is 4.98 Å². The molecule has 0 unspecified atom stereocenters. The van der Waals surface area contributed by atoms with E-state index in [2.05, 4.69) is 4.98 Å². The summed E-state index contributed by atoms with van der Waals surface area (Å²) in [5.41, 5.74) is 1.07. The van der Waals surface area contributed by atoms with Gasteiger partial charge in [0.25, 0.3) is 10.1 Å². The average Bonchev–Trinajstić information content (AvgIpc) is 1.85. The minimum atomic E-state index is -3.67. The summed E-state index contributed by atoms with van der Waals surface area (Å²) >= 11 is 0. The van der Waals surface area contributed by atoms with Crippen molar-refractivity contribution in [2.24, 2.45) is 0 Å². The molecule has 5 heteroatoms. The first-order chi connectivity index (χ1) is 5.39. The Balaban J connectivity index is 0.000000217. The Labute approximate surface area is 72.0 Å². The van der Waals surface area contributed by atoms with Crippen LogP contribution in [0.1, 0.15) is 5.69 Å². The van der Waals surface area contributed by atoms with Gasteiger partial charge in [0.1, 0.15) is 0 Å². The second kappa shape index (κ2) is 4.84. The molecule has 4 nitrogen and oxygen atoms in total. The number of nitrogens with zero attached hydrogens (tertiary/aromatic N) is 1. The van der Waals surface area contributed by atoms with Gasteiger partial charge in [0.2, 0.25) is 0 Å². The van der Waals surface area contributed by atoms with Gasteiger partial charge in [-0.15, -0.1) is 0 Å². The van der Waals surface area contributed by atoms with Crippen molar-refractivity contribution in [2.75, 3.05) is 6.26 Å². The molecule has 0 radical (unpaired) electrons. The number of hydrogen-bond acceptors (Lipinski definition) is 3. The van der Waals surface area contributed by atoms with E-state index in [4.69, 9.17) is 4.55 Å². The fourth-order valence-corrected chi connectivity index (χ4v) is 0.448. The molecule has 0 spiro atoms. The van der Waals surface area contributed by atoms with Crippen LogP contribution in [0.2, 0.25) is 0 Å². The minimum absolute atomic E-state index is 0.715. The highest BCUT2D eigenvalue weighted by Crippen LogP contribution is 1.85. The van der Waals surface area contributed by atoms with E-state index >= 15 is 0 Å². The quantitative estimate of drug-likeness (QED) is 0.615. The van der Waals surface area contributed by atoms with Crippen LogP contribution in [0.25, 0.3) is 0 Å². The Bertz CT molecular complexity index is 299. The van der Waals surface area contributed by atoms with Crippen LogP contribution in [0, 0.1) is 6.92 Å². The van der Waals surface area contributed by atoms with Crippen LogP contribution in [-0.2, 0) is 10.1 Å². The molecular weight excluding hydrogens is 178 g/mol. The molecule has 0 saturated carbocycles. The molecule has 0 aromatic carbocycles. The van der Waals surface area contributed by atoms with Crippen molar-refractivity contribution >= 4 is 10.1 Å². The topological polar surface area (TPSA) is 67.3 Å². The summed E-state index contributed by atoms with van der Waals surface area (Å²) in [6.07, 6.45) is 2.50. The summed E-state index contributed by atoms with van der Waals surface area (Å²) in [7, 11) is -3.67. The van der Waals surface area contributed by atoms with Gasteiger partial charge in [0.05, 0.1) is 6.26 Å². The Kier molecular flexibility index (Phi) is 4.46. The molecule has 0 saturated heterocycles. The summed E-state index contributed by atoms with van der Waals surface area (Å²) < 4.78 is 25.9. The van der Waals surface area contributed by atoms with Gasteiger partial charge in [-0.05, 0) is 19.1 Å². The smallest absolute Gasteiger partial charge is 0.261 e. The number of aryl methyl sites for hydroxylation is 1. The highest BCUT2D eigenvalue weighted by atomic mass is 32.2. The molecule has 1 heterocycles. The number of hydrogen-bond donors (Lipinski definition) is 1. The molecule has 0 aliphatic heterocycles. The second-order valence-corrected chi connectivity index (χ2v) is 3.67. The Hall–Kier alpha value is -0.940. The third-order valence-corrected chi connectivity index (χ3v) is 0.813. The van der Waals surface area contributed by atoms with Crippen molar-refractivity contribution in [2.45, 2.75) is 6.92 Å². The lowest BCUT2D eigenvalue weighted by Crippen LogP contribution is -1.88. The van der Waals surface area contributed by atoms with Crippen LogP contribution < -0.4 is 0 Å². The molecule has 0 bridgehead atoms. The molecule has 0 aliphatic carbocycles. The van der Waals surface area contributed by atoms with E-state index in [0.717, 1.165) is 5.69 Å². The molecule has 12 heavy (non-hydrogen) atoms. The van der Waals surface area contributed by atoms with Gasteiger partial charge in [-0.2, -0.15) is 8.42 Å². The lowest BCUT2D eigenvalue weighted by atomic mass is 10.4. The van der Waals surface area contributed by atoms with Crippen LogP contribution in [0.3, 0.4) is 0 Å². The lowest BCUT2D eigenvalue weighted by molar-refractivity contribution is 0.490. The van der Waals surface area contributed by atoms with Crippen LogP contribution in [0.5, 0.6) is 0 Å². The van der Waals surface area contributed by atoms with Crippen LogP contribution in [0.4, 0.5) is 0 Å². The standard InChI is InChI=1S/C6H7N.CH4O3S/c1-6-4-2-3-5-7-6;1-5(2,3)4/h2-5H,1H3;1H3,(H,2,3,4). The zero-order valence-electron chi connectivity index (χ0n) is 6.93. The van der Waals surface area contributed by atoms with E-state index in [9.17, 15) is 8.42 Å². The van der Waals surface area contributed by atoms with Gasteiger partial charge in [-0.25, -0.2) is 0 Å². The van der Waals surface area contributed by atoms with E-state index in [0.29, 0.717) is 6.26 Å². The molecule has 1 aromatic heterocycles. The van der Waals surface area contributed by atoms with Crippen molar-refractivity contribution in [3.05, 3.63) is 30.1 Å². The van der Waals surface area contributed by atoms with Gasteiger partial charge in [-0.3, -0.25) is 9.54 Å². The van der Waals surface area contributed by atoms with E-state index < -0.39 is 10.1 Å². The van der Waals surface area contributed by atoms with Gasteiger partial charge in [-0.1, -0.05) is 6.07 Å². The van der Waals surface area contributed by atoms with Gasteiger partial charge < -0.3 is 0 Å². The largest absolute Gasteiger partial charge is 0.286 e. The van der Waals surface area contributed by atoms with Crippen LogP contribution in [-0.4, -0.2) is 24.2 Å². The minimum Gasteiger partial charge on any atom is -0.286 e. The maximum absolute atomic E-state index is 9.19. The molecular formula is C7H11NO3S. The van der Waals surface area contributed by atoms with Crippen molar-refractivity contribution in [1.29, 1.82) is 0 Å². The Morgan fingerprint density at radius 3 is 2.08 bits per heavy atom. The zero-order chi connectivity index (χ0) is 9.61. The highest BCUT2D eigenvalue weighted by Gasteiger charge is 1.81. The molecule has 0 atom stereocenters. The molecule has 68 valence electrons. The van der Waals surface area contributed by atoms with Crippen LogP contribution >= 0.6 is 0 Å². The third-order valence-electron chi connectivity index (χ3n) is 0.813. The van der Waals surface area contributed by atoms with E-state index in [-0.39, 0.29) is 0 Å². The summed E-state index contributed by atoms with van der Waals surface area (Å²) in [5, 5.41) is 0. The highest BCUT2D eigenvalue weighted by molar-refractivity contribution is 7.85. The van der Waals surface area contributed by atoms with Crippen molar-refractivity contribution in [3.8, 4) is 0 Å². The summed E-state index contributed by atoms with van der Waals surface area (Å²) in [4.78, 5) is 3.98. The Morgan fingerprint density at radius 2 is 1.92 bits per heavy atom. The van der Waals surface area contributed by atoms with Crippen LogP contribution in [0.15, 0.2) is 24.4 Å². The fourth-order valence-electron chi connectivity index (χ4n) is 0.448. The normalized spacial score (nSPS) is 9.92. The maximum Gasteiger partial charge on any atom is 0.261 e. The molecule has 1 N–H and O–H groups in total. The molecule has 0 aliphatic rings. The summed E-state index contributed by atoms with van der Waals surface area (Å²) in [6.45, 7) is 1.97. The van der Waals surface area contributed by atoms with Gasteiger partial charge in [0, 0.05) is 11.9 Å². The summed E-state index contributed by atoms with van der Waals surface area (Å²) in [5.74, 6) is 0. The second-order valence-electron chi connectivity index (χ2n) is 2.20. The van der Waals surface area contributed by atoms with Gasteiger partial charge in [0.15, 0.2) is 0 Å². The molecule has 1 aromatic rings. The number of aromatic nitrogens is 1. The first-order valence-electron chi connectivity index (χ1n) is 3.19. The van der Waals surface area contributed by atoms with E-state index in [1.165, 1.54) is 0 Å². The first-order valence-corrected chi connectivity index (χ1v) is 5.04. The monoisotopic (exact) mass is 189 g/mol. The van der Waals surface area contributed by atoms with E-state index in [1.54, 1.807) is 6.20 Å². The van der Waals surface area contributed by atoms with Crippen molar-refractivity contribution < 1.29 is 13.0 Å². The predicted octanol–water partition coefficient (Wildman–Crippen LogP) is 0.894. The molecule has 0 amide bonds. The lowest BCUT2D eigenvalue weighted by Gasteiger charge is -1.82. The van der Waals surface area contributed by atoms with E-state index in [1.807, 2.05) is 25.1 Å². The number of rotatable bonds is 0. The average molecular weight is 189 g/mol. The zero-order valence-corrected chi connectivity index (χ0v) is 7.75. The Morgan fingerprint density at radius 1 is 1.42 bits per heavy atom. The van der Waals surface area contributed by atoms with Crippen molar-refractivity contribution in [3.63, 3.8) is 0 Å². The summed E-state index contributed by atoms with van der Waals surface area (Å²) in [6, 6.07) is 5.86. The molecule has 0 fully saturated rings.